The summed E-state index contributed by atoms with van der Waals surface area (Å²) in [5, 5.41) is 8.31. The zero-order valence-corrected chi connectivity index (χ0v) is 12.5. The van der Waals surface area contributed by atoms with E-state index in [1.807, 2.05) is 6.92 Å². The molecule has 2 amide bonds. The number of carbonyl (C=O) groups excluding carboxylic acids is 2. The molecule has 0 radical (unpaired) electrons. The van der Waals surface area contributed by atoms with Crippen LogP contribution in [0.3, 0.4) is 0 Å². The van der Waals surface area contributed by atoms with E-state index in [2.05, 4.69) is 16.0 Å². The van der Waals surface area contributed by atoms with Crippen molar-refractivity contribution in [2.24, 2.45) is 0 Å². The standard InChI is InChI=1S/C15H21F2N3O2/c1-2-18-8-9-19-14(21)4-3-7-20-15(22)12-6-5-11(16)10-13(12)17/h5-6,10,18H,2-4,7-9H2,1H3,(H,19,21)(H,20,22). The number of likely N-dealkylation sites (N-methyl/N-ethyl adjacent to an activating group) is 1. The van der Waals surface area contributed by atoms with Gasteiger partial charge in [0.25, 0.3) is 5.91 Å². The van der Waals surface area contributed by atoms with E-state index in [0.717, 1.165) is 18.7 Å². The molecular formula is C15H21F2N3O2. The molecule has 122 valence electrons. The van der Waals surface area contributed by atoms with Gasteiger partial charge in [0, 0.05) is 32.1 Å². The monoisotopic (exact) mass is 313 g/mol. The highest BCUT2D eigenvalue weighted by Crippen LogP contribution is 2.09. The third-order valence-electron chi connectivity index (χ3n) is 2.92. The van der Waals surface area contributed by atoms with E-state index in [1.54, 1.807) is 0 Å². The van der Waals surface area contributed by atoms with Crippen molar-refractivity contribution in [1.82, 2.24) is 16.0 Å². The molecule has 0 aliphatic rings. The maximum absolute atomic E-state index is 13.4. The summed E-state index contributed by atoms with van der Waals surface area (Å²) in [4.78, 5) is 23.1. The Morgan fingerprint density at radius 1 is 1.09 bits per heavy atom. The first-order chi connectivity index (χ1) is 10.5. The topological polar surface area (TPSA) is 70.2 Å². The van der Waals surface area contributed by atoms with Crippen LogP contribution in [0.5, 0.6) is 0 Å². The van der Waals surface area contributed by atoms with E-state index in [-0.39, 0.29) is 24.4 Å². The second-order valence-corrected chi connectivity index (χ2v) is 4.69. The average Bonchev–Trinajstić information content (AvgIpc) is 2.48. The van der Waals surface area contributed by atoms with Gasteiger partial charge in [-0.15, -0.1) is 0 Å². The third kappa shape index (κ3) is 6.62. The van der Waals surface area contributed by atoms with Crippen molar-refractivity contribution in [3.8, 4) is 0 Å². The van der Waals surface area contributed by atoms with Gasteiger partial charge < -0.3 is 16.0 Å². The number of carbonyl (C=O) groups is 2. The number of nitrogens with one attached hydrogen (secondary N) is 3. The van der Waals surface area contributed by atoms with Gasteiger partial charge in [-0.3, -0.25) is 9.59 Å². The van der Waals surface area contributed by atoms with Crippen LogP contribution in [0.25, 0.3) is 0 Å². The lowest BCUT2D eigenvalue weighted by Crippen LogP contribution is -2.32. The molecule has 0 unspecified atom stereocenters. The van der Waals surface area contributed by atoms with E-state index in [9.17, 15) is 18.4 Å². The average molecular weight is 313 g/mol. The van der Waals surface area contributed by atoms with Gasteiger partial charge in [-0.1, -0.05) is 6.92 Å². The number of benzene rings is 1. The molecule has 0 fully saturated rings. The smallest absolute Gasteiger partial charge is 0.254 e. The normalized spacial score (nSPS) is 10.3. The molecule has 0 aromatic heterocycles. The van der Waals surface area contributed by atoms with E-state index in [0.29, 0.717) is 25.6 Å². The summed E-state index contributed by atoms with van der Waals surface area (Å²) in [6.45, 7) is 4.34. The van der Waals surface area contributed by atoms with Crippen molar-refractivity contribution < 1.29 is 18.4 Å². The number of hydrogen-bond acceptors (Lipinski definition) is 3. The molecule has 0 atom stereocenters. The van der Waals surface area contributed by atoms with Crippen LogP contribution in [0.15, 0.2) is 18.2 Å². The van der Waals surface area contributed by atoms with Crippen LogP contribution in [0.2, 0.25) is 0 Å². The summed E-state index contributed by atoms with van der Waals surface area (Å²) < 4.78 is 26.1. The molecule has 0 aliphatic heterocycles. The molecule has 1 aromatic rings. The lowest BCUT2D eigenvalue weighted by molar-refractivity contribution is -0.121. The largest absolute Gasteiger partial charge is 0.355 e. The maximum Gasteiger partial charge on any atom is 0.254 e. The molecule has 0 saturated carbocycles. The lowest BCUT2D eigenvalue weighted by Gasteiger charge is -2.07. The first kappa shape index (κ1) is 18.0. The predicted molar refractivity (Wildman–Crippen MR) is 79.5 cm³/mol. The van der Waals surface area contributed by atoms with Gasteiger partial charge in [0.1, 0.15) is 11.6 Å². The van der Waals surface area contributed by atoms with Gasteiger partial charge in [-0.25, -0.2) is 8.78 Å². The molecule has 0 spiro atoms. The molecule has 0 saturated heterocycles. The van der Waals surface area contributed by atoms with Crippen molar-refractivity contribution >= 4 is 11.8 Å². The second-order valence-electron chi connectivity index (χ2n) is 4.69. The number of halogens is 2. The highest BCUT2D eigenvalue weighted by atomic mass is 19.1. The number of hydrogen-bond donors (Lipinski definition) is 3. The summed E-state index contributed by atoms with van der Waals surface area (Å²) in [5.74, 6) is -2.35. The van der Waals surface area contributed by atoms with Gasteiger partial charge in [-0.05, 0) is 25.1 Å². The Morgan fingerprint density at radius 2 is 1.86 bits per heavy atom. The summed E-state index contributed by atoms with van der Waals surface area (Å²) >= 11 is 0. The third-order valence-corrected chi connectivity index (χ3v) is 2.92. The van der Waals surface area contributed by atoms with Crippen LogP contribution < -0.4 is 16.0 Å². The fourth-order valence-corrected chi connectivity index (χ4v) is 1.78. The SMILES string of the molecule is CCNCCNC(=O)CCCNC(=O)c1ccc(F)cc1F. The summed E-state index contributed by atoms with van der Waals surface area (Å²) in [6.07, 6.45) is 0.722. The predicted octanol–water partition coefficient (Wildman–Crippen LogP) is 1.20. The summed E-state index contributed by atoms with van der Waals surface area (Å²) in [5.41, 5.74) is -0.212. The van der Waals surface area contributed by atoms with Crippen molar-refractivity contribution in [2.45, 2.75) is 19.8 Å². The minimum atomic E-state index is -0.904. The molecule has 0 aliphatic carbocycles. The van der Waals surface area contributed by atoms with Crippen LogP contribution in [-0.2, 0) is 4.79 Å². The molecule has 7 heteroatoms. The van der Waals surface area contributed by atoms with E-state index >= 15 is 0 Å². The minimum absolute atomic E-state index is 0.0971. The molecule has 0 bridgehead atoms. The molecule has 1 rings (SSSR count). The van der Waals surface area contributed by atoms with Gasteiger partial charge in [0.05, 0.1) is 5.56 Å². The maximum atomic E-state index is 13.4. The van der Waals surface area contributed by atoms with Gasteiger partial charge in [-0.2, -0.15) is 0 Å². The first-order valence-corrected chi connectivity index (χ1v) is 7.25. The Labute approximate surface area is 128 Å². The first-order valence-electron chi connectivity index (χ1n) is 7.25. The van der Waals surface area contributed by atoms with Gasteiger partial charge in [0.15, 0.2) is 0 Å². The van der Waals surface area contributed by atoms with Crippen LogP contribution in [0.1, 0.15) is 30.1 Å². The molecule has 3 N–H and O–H groups in total. The Bertz CT molecular complexity index is 510. The minimum Gasteiger partial charge on any atom is -0.355 e. The van der Waals surface area contributed by atoms with Crippen LogP contribution in [-0.4, -0.2) is 38.0 Å². The van der Waals surface area contributed by atoms with Crippen molar-refractivity contribution in [3.05, 3.63) is 35.4 Å². The van der Waals surface area contributed by atoms with E-state index in [4.69, 9.17) is 0 Å². The zero-order valence-electron chi connectivity index (χ0n) is 12.5. The molecule has 5 nitrogen and oxygen atoms in total. The van der Waals surface area contributed by atoms with Crippen molar-refractivity contribution in [1.29, 1.82) is 0 Å². The van der Waals surface area contributed by atoms with Crippen molar-refractivity contribution in [2.75, 3.05) is 26.2 Å². The van der Waals surface area contributed by atoms with Gasteiger partial charge >= 0.3 is 0 Å². The highest BCUT2D eigenvalue weighted by molar-refractivity contribution is 5.94. The molecule has 1 aromatic carbocycles. The Morgan fingerprint density at radius 3 is 2.55 bits per heavy atom. The zero-order chi connectivity index (χ0) is 16.4. The van der Waals surface area contributed by atoms with E-state index in [1.165, 1.54) is 0 Å². The number of rotatable bonds is 9. The number of amides is 2. The van der Waals surface area contributed by atoms with Crippen molar-refractivity contribution in [3.63, 3.8) is 0 Å². The quantitative estimate of drug-likeness (QED) is 0.600. The molecule has 22 heavy (non-hydrogen) atoms. The summed E-state index contributed by atoms with van der Waals surface area (Å²) in [7, 11) is 0. The fourth-order valence-electron chi connectivity index (χ4n) is 1.78. The lowest BCUT2D eigenvalue weighted by atomic mass is 10.2. The van der Waals surface area contributed by atoms with Crippen LogP contribution in [0, 0.1) is 11.6 Å². The van der Waals surface area contributed by atoms with Crippen LogP contribution in [0.4, 0.5) is 8.78 Å². The second kappa shape index (κ2) is 9.83. The highest BCUT2D eigenvalue weighted by Gasteiger charge is 2.11. The molecular weight excluding hydrogens is 292 g/mol. The fraction of sp³-hybridized carbons (Fsp3) is 0.467. The van der Waals surface area contributed by atoms with E-state index < -0.39 is 17.5 Å². The van der Waals surface area contributed by atoms with Gasteiger partial charge in [0.2, 0.25) is 5.91 Å². The van der Waals surface area contributed by atoms with Crippen LogP contribution >= 0.6 is 0 Å². The Kier molecular flexibility index (Phi) is 8.06. The molecule has 0 heterocycles. The Hall–Kier alpha value is -2.02. The summed E-state index contributed by atoms with van der Waals surface area (Å²) in [6, 6.07) is 2.77. The Balaban J connectivity index is 2.21.